The van der Waals surface area contributed by atoms with Crippen molar-refractivity contribution in [1.29, 1.82) is 0 Å². The first-order valence-corrected chi connectivity index (χ1v) is 7.36. The third kappa shape index (κ3) is 4.44. The topological polar surface area (TPSA) is 72.4 Å². The third-order valence-corrected chi connectivity index (χ3v) is 3.42. The summed E-state index contributed by atoms with van der Waals surface area (Å²) in [6, 6.07) is 5.08. The Morgan fingerprint density at radius 1 is 1.31 bits per heavy atom. The van der Waals surface area contributed by atoms with Crippen molar-refractivity contribution in [3.05, 3.63) is 53.5 Å². The number of alkyl halides is 3. The normalized spacial score (nSPS) is 11.0. The number of nitrogens with one attached hydrogen (secondary N) is 2. The van der Waals surface area contributed by atoms with E-state index < -0.39 is 18.0 Å². The molecule has 0 aliphatic carbocycles. The lowest BCUT2D eigenvalue weighted by Gasteiger charge is -2.16. The molecular weight excluding hydrogens is 351 g/mol. The molecule has 0 saturated heterocycles. The van der Waals surface area contributed by atoms with Crippen LogP contribution >= 0.6 is 0 Å². The molecule has 2 rings (SSSR count). The molecule has 0 bridgehead atoms. The van der Waals surface area contributed by atoms with Crippen molar-refractivity contribution in [2.75, 3.05) is 17.7 Å². The molecule has 0 fully saturated rings. The maximum atomic E-state index is 12.7. The maximum absolute atomic E-state index is 12.7. The molecule has 0 atom stereocenters. The molecular formula is C17H16F3N3O3. The number of pyridine rings is 1. The molecule has 0 unspecified atom stereocenters. The van der Waals surface area contributed by atoms with Crippen LogP contribution in [-0.4, -0.2) is 23.9 Å². The average Bonchev–Trinajstić information content (AvgIpc) is 2.57. The third-order valence-electron chi connectivity index (χ3n) is 3.42. The lowest BCUT2D eigenvalue weighted by atomic mass is 10.0. The Morgan fingerprint density at radius 2 is 2.00 bits per heavy atom. The molecule has 138 valence electrons. The summed E-state index contributed by atoms with van der Waals surface area (Å²) >= 11 is 0. The highest BCUT2D eigenvalue weighted by atomic mass is 19.4. The molecule has 2 N–H and O–H groups in total. The van der Waals surface area contributed by atoms with E-state index in [0.29, 0.717) is 5.56 Å². The van der Waals surface area contributed by atoms with Crippen LogP contribution in [-0.2, 0) is 11.8 Å². The molecule has 6 nitrogen and oxygen atoms in total. The van der Waals surface area contributed by atoms with Crippen LogP contribution in [0.25, 0.3) is 11.1 Å². The number of hydrogen-bond acceptors (Lipinski definition) is 4. The van der Waals surface area contributed by atoms with Crippen molar-refractivity contribution in [2.24, 2.45) is 7.05 Å². The predicted molar refractivity (Wildman–Crippen MR) is 92.2 cm³/mol. The molecule has 0 aliphatic heterocycles. The largest absolute Gasteiger partial charge is 0.573 e. The van der Waals surface area contributed by atoms with Crippen LogP contribution in [0.3, 0.4) is 0 Å². The van der Waals surface area contributed by atoms with Crippen LogP contribution in [0.15, 0.2) is 47.9 Å². The van der Waals surface area contributed by atoms with Gasteiger partial charge in [-0.25, -0.2) is 0 Å². The second-order valence-corrected chi connectivity index (χ2v) is 5.26. The predicted octanol–water partition coefficient (Wildman–Crippen LogP) is 3.12. The smallest absolute Gasteiger partial charge is 0.405 e. The van der Waals surface area contributed by atoms with Crippen molar-refractivity contribution in [2.45, 2.75) is 6.36 Å². The van der Waals surface area contributed by atoms with Crippen LogP contribution in [0.1, 0.15) is 0 Å². The molecule has 26 heavy (non-hydrogen) atoms. The number of carbonyl (C=O) groups is 1. The zero-order chi connectivity index (χ0) is 19.5. The Morgan fingerprint density at radius 3 is 2.58 bits per heavy atom. The molecule has 0 radical (unpaired) electrons. The second-order valence-electron chi connectivity index (χ2n) is 5.26. The van der Waals surface area contributed by atoms with Crippen LogP contribution < -0.4 is 20.9 Å². The van der Waals surface area contributed by atoms with Crippen molar-refractivity contribution in [3.8, 4) is 16.9 Å². The molecule has 0 saturated carbocycles. The van der Waals surface area contributed by atoms with Crippen LogP contribution in [0.2, 0.25) is 0 Å². The van der Waals surface area contributed by atoms with Crippen molar-refractivity contribution in [1.82, 2.24) is 4.57 Å². The fraction of sp³-hybridized carbons (Fsp3) is 0.176. The number of anilines is 2. The molecule has 0 aliphatic rings. The number of carbonyl (C=O) groups excluding carboxylic acids is 1. The molecule has 9 heteroatoms. The number of nitrogens with zero attached hydrogens (tertiary/aromatic N) is 1. The standard InChI is InChI=1S/C17H16F3N3O3/c1-4-15(24)22-11-5-6-14(26-17(18,19)20)12(8-11)10-7-13(21-2)16(25)23(3)9-10/h4-9,21H,1H2,2-3H3,(H,22,24). The Bertz CT molecular complexity index is 904. The molecule has 1 amide bonds. The van der Waals surface area contributed by atoms with Gasteiger partial charge in [0.1, 0.15) is 11.4 Å². The second kappa shape index (κ2) is 7.34. The summed E-state index contributed by atoms with van der Waals surface area (Å²) in [4.78, 5) is 23.4. The zero-order valence-electron chi connectivity index (χ0n) is 14.0. The van der Waals surface area contributed by atoms with Gasteiger partial charge in [-0.2, -0.15) is 0 Å². The summed E-state index contributed by atoms with van der Waals surface area (Å²) in [7, 11) is 2.99. The molecule has 1 aromatic heterocycles. The molecule has 0 spiro atoms. The minimum absolute atomic E-state index is 0.0521. The van der Waals surface area contributed by atoms with Crippen LogP contribution in [0, 0.1) is 0 Å². The number of aromatic nitrogens is 1. The fourth-order valence-electron chi connectivity index (χ4n) is 2.28. The lowest BCUT2D eigenvalue weighted by Crippen LogP contribution is -2.20. The van der Waals surface area contributed by atoms with Gasteiger partial charge in [0.25, 0.3) is 5.56 Å². The zero-order valence-corrected chi connectivity index (χ0v) is 14.0. The van der Waals surface area contributed by atoms with Crippen LogP contribution in [0.5, 0.6) is 5.75 Å². The van der Waals surface area contributed by atoms with E-state index in [1.165, 1.54) is 43.1 Å². The van der Waals surface area contributed by atoms with E-state index in [0.717, 1.165) is 12.1 Å². The minimum atomic E-state index is -4.90. The van der Waals surface area contributed by atoms with Gasteiger partial charge >= 0.3 is 6.36 Å². The number of aryl methyl sites for hydroxylation is 1. The van der Waals surface area contributed by atoms with Crippen molar-refractivity contribution >= 4 is 17.3 Å². The Balaban J connectivity index is 2.64. The van der Waals surface area contributed by atoms with E-state index in [2.05, 4.69) is 21.9 Å². The average molecular weight is 367 g/mol. The highest BCUT2D eigenvalue weighted by molar-refractivity contribution is 5.99. The Labute approximate surface area is 146 Å². The van der Waals surface area contributed by atoms with E-state index in [-0.39, 0.29) is 22.5 Å². The summed E-state index contributed by atoms with van der Waals surface area (Å²) in [5.41, 5.74) is 0.454. The SMILES string of the molecule is C=CC(=O)Nc1ccc(OC(F)(F)F)c(-c2cc(NC)c(=O)n(C)c2)c1. The van der Waals surface area contributed by atoms with Gasteiger partial charge in [-0.1, -0.05) is 6.58 Å². The molecule has 1 aromatic carbocycles. The molecule has 2 aromatic rings. The number of rotatable bonds is 5. The summed E-state index contributed by atoms with van der Waals surface area (Å²) < 4.78 is 43.5. The maximum Gasteiger partial charge on any atom is 0.573 e. The first-order valence-electron chi connectivity index (χ1n) is 7.36. The Hall–Kier alpha value is -3.23. The highest BCUT2D eigenvalue weighted by Gasteiger charge is 2.32. The first-order chi connectivity index (χ1) is 12.1. The minimum Gasteiger partial charge on any atom is -0.405 e. The lowest BCUT2D eigenvalue weighted by molar-refractivity contribution is -0.274. The van der Waals surface area contributed by atoms with Crippen LogP contribution in [0.4, 0.5) is 24.5 Å². The van der Waals surface area contributed by atoms with E-state index in [1.807, 2.05) is 0 Å². The van der Waals surface area contributed by atoms with Gasteiger partial charge in [0.05, 0.1) is 0 Å². The summed E-state index contributed by atoms with van der Waals surface area (Å²) in [6.07, 6.45) is -2.49. The van der Waals surface area contributed by atoms with Crippen molar-refractivity contribution in [3.63, 3.8) is 0 Å². The van der Waals surface area contributed by atoms with Gasteiger partial charge in [-0.05, 0) is 30.3 Å². The van der Waals surface area contributed by atoms with Gasteiger partial charge in [0, 0.05) is 37.1 Å². The molecule has 1 heterocycles. The van der Waals surface area contributed by atoms with Gasteiger partial charge in [0.15, 0.2) is 0 Å². The highest BCUT2D eigenvalue weighted by Crippen LogP contribution is 2.36. The quantitative estimate of drug-likeness (QED) is 0.797. The monoisotopic (exact) mass is 367 g/mol. The van der Waals surface area contributed by atoms with Crippen molar-refractivity contribution < 1.29 is 22.7 Å². The van der Waals surface area contributed by atoms with E-state index in [4.69, 9.17) is 0 Å². The number of ether oxygens (including phenoxy) is 1. The summed E-state index contributed by atoms with van der Waals surface area (Å²) in [5.74, 6) is -0.980. The van der Waals surface area contributed by atoms with Gasteiger partial charge in [0.2, 0.25) is 5.91 Å². The van der Waals surface area contributed by atoms with Gasteiger partial charge in [-0.3, -0.25) is 9.59 Å². The van der Waals surface area contributed by atoms with E-state index in [9.17, 15) is 22.8 Å². The number of halogens is 3. The Kier molecular flexibility index (Phi) is 5.39. The summed E-state index contributed by atoms with van der Waals surface area (Å²) in [6.45, 7) is 3.32. The number of hydrogen-bond donors (Lipinski definition) is 2. The van der Waals surface area contributed by atoms with E-state index >= 15 is 0 Å². The summed E-state index contributed by atoms with van der Waals surface area (Å²) in [5, 5.41) is 5.16. The number of benzene rings is 1. The van der Waals surface area contributed by atoms with E-state index in [1.54, 1.807) is 0 Å². The van der Waals surface area contributed by atoms with Gasteiger partial charge < -0.3 is 19.9 Å². The first kappa shape index (κ1) is 19.1. The van der Waals surface area contributed by atoms with Gasteiger partial charge in [-0.15, -0.1) is 13.2 Å². The fourth-order valence-corrected chi connectivity index (χ4v) is 2.28. The number of amides is 1.